The summed E-state index contributed by atoms with van der Waals surface area (Å²) in [6.45, 7) is 0. The molecule has 2 rings (SSSR count). The Bertz CT molecular complexity index is 406. The molecule has 0 spiro atoms. The van der Waals surface area contributed by atoms with E-state index in [1.54, 1.807) is 4.68 Å². The lowest BCUT2D eigenvalue weighted by Gasteiger charge is -2.00. The predicted molar refractivity (Wildman–Crippen MR) is 47.4 cm³/mol. The lowest BCUT2D eigenvalue weighted by Crippen LogP contribution is -2.09. The maximum atomic E-state index is 10.2. The van der Waals surface area contributed by atoms with Gasteiger partial charge in [0.1, 0.15) is 0 Å². The molecule has 2 aromatic rings. The fourth-order valence-electron chi connectivity index (χ4n) is 1.25. The van der Waals surface area contributed by atoms with Crippen LogP contribution in [0.3, 0.4) is 0 Å². The van der Waals surface area contributed by atoms with E-state index >= 15 is 0 Å². The number of hydrogen-bond acceptors (Lipinski definition) is 1. The van der Waals surface area contributed by atoms with Crippen LogP contribution in [0.2, 0.25) is 0 Å². The standard InChI is InChI=1S/C9H8N2O/c12-7-10-11-6-5-8-3-1-2-4-9(8)11/h1-7H,(H,10,12). The van der Waals surface area contributed by atoms with Crippen molar-refractivity contribution in [3.63, 3.8) is 0 Å². The Balaban J connectivity index is 2.62. The summed E-state index contributed by atoms with van der Waals surface area (Å²) in [5, 5.41) is 1.12. The SMILES string of the molecule is O=CNn1ccc2ccccc21. The van der Waals surface area contributed by atoms with Gasteiger partial charge >= 0.3 is 0 Å². The first-order chi connectivity index (χ1) is 5.92. The molecule has 0 aliphatic rings. The molecular formula is C9H8N2O. The van der Waals surface area contributed by atoms with Crippen molar-refractivity contribution < 1.29 is 4.79 Å². The fourth-order valence-corrected chi connectivity index (χ4v) is 1.25. The van der Waals surface area contributed by atoms with Gasteiger partial charge < -0.3 is 0 Å². The van der Waals surface area contributed by atoms with Crippen LogP contribution in [-0.2, 0) is 4.79 Å². The van der Waals surface area contributed by atoms with E-state index in [1.165, 1.54) is 0 Å². The minimum absolute atomic E-state index is 0.659. The average Bonchev–Trinajstić information content (AvgIpc) is 2.50. The Kier molecular flexibility index (Phi) is 1.55. The summed E-state index contributed by atoms with van der Waals surface area (Å²) in [7, 11) is 0. The van der Waals surface area contributed by atoms with Gasteiger partial charge in [-0.1, -0.05) is 18.2 Å². The van der Waals surface area contributed by atoms with Gasteiger partial charge in [0.25, 0.3) is 0 Å². The lowest BCUT2D eigenvalue weighted by atomic mass is 10.3. The summed E-state index contributed by atoms with van der Waals surface area (Å²) < 4.78 is 1.68. The topological polar surface area (TPSA) is 34.0 Å². The first-order valence-corrected chi connectivity index (χ1v) is 3.68. The number of amides is 1. The zero-order valence-electron chi connectivity index (χ0n) is 6.40. The number of nitrogens with zero attached hydrogens (tertiary/aromatic N) is 1. The van der Waals surface area contributed by atoms with Gasteiger partial charge in [0, 0.05) is 11.6 Å². The maximum Gasteiger partial charge on any atom is 0.226 e. The number of benzene rings is 1. The van der Waals surface area contributed by atoms with E-state index in [1.807, 2.05) is 36.5 Å². The van der Waals surface area contributed by atoms with Crippen LogP contribution in [0.15, 0.2) is 36.5 Å². The Labute approximate surface area is 69.6 Å². The average molecular weight is 160 g/mol. The molecule has 0 radical (unpaired) electrons. The quantitative estimate of drug-likeness (QED) is 0.661. The molecule has 0 aliphatic carbocycles. The number of carbonyl (C=O) groups excluding carboxylic acids is 1. The minimum Gasteiger partial charge on any atom is -0.277 e. The zero-order valence-corrected chi connectivity index (χ0v) is 6.40. The van der Waals surface area contributed by atoms with E-state index in [2.05, 4.69) is 5.43 Å². The molecule has 3 heteroatoms. The molecule has 0 fully saturated rings. The first-order valence-electron chi connectivity index (χ1n) is 3.68. The van der Waals surface area contributed by atoms with Gasteiger partial charge in [0.05, 0.1) is 5.52 Å². The summed E-state index contributed by atoms with van der Waals surface area (Å²) in [5.41, 5.74) is 3.57. The smallest absolute Gasteiger partial charge is 0.226 e. The number of fused-ring (bicyclic) bond motifs is 1. The number of carbonyl (C=O) groups is 1. The lowest BCUT2D eigenvalue weighted by molar-refractivity contribution is -0.106. The summed E-state index contributed by atoms with van der Waals surface area (Å²) in [6.07, 6.45) is 2.48. The normalized spacial score (nSPS) is 10.0. The van der Waals surface area contributed by atoms with Crippen molar-refractivity contribution in [1.82, 2.24) is 4.68 Å². The third kappa shape index (κ3) is 0.955. The first kappa shape index (κ1) is 6.91. The Hall–Kier alpha value is -1.77. The summed E-state index contributed by atoms with van der Waals surface area (Å²) in [4.78, 5) is 10.2. The second-order valence-corrected chi connectivity index (χ2v) is 2.49. The highest BCUT2D eigenvalue weighted by Gasteiger charge is 1.96. The Morgan fingerprint density at radius 2 is 2.08 bits per heavy atom. The van der Waals surface area contributed by atoms with Crippen molar-refractivity contribution in [2.45, 2.75) is 0 Å². The molecule has 0 saturated heterocycles. The fraction of sp³-hybridized carbons (Fsp3) is 0. The second-order valence-electron chi connectivity index (χ2n) is 2.49. The van der Waals surface area contributed by atoms with Crippen LogP contribution in [-0.4, -0.2) is 11.1 Å². The van der Waals surface area contributed by atoms with Gasteiger partial charge in [0.15, 0.2) is 0 Å². The van der Waals surface area contributed by atoms with E-state index in [0.717, 1.165) is 10.9 Å². The molecule has 1 amide bonds. The maximum absolute atomic E-state index is 10.2. The Morgan fingerprint density at radius 3 is 2.92 bits per heavy atom. The van der Waals surface area contributed by atoms with Gasteiger partial charge in [-0.2, -0.15) is 0 Å². The van der Waals surface area contributed by atoms with E-state index in [9.17, 15) is 4.79 Å². The van der Waals surface area contributed by atoms with Crippen LogP contribution in [0.4, 0.5) is 0 Å². The van der Waals surface area contributed by atoms with E-state index in [-0.39, 0.29) is 0 Å². The highest BCUT2D eigenvalue weighted by atomic mass is 16.1. The molecule has 0 aliphatic heterocycles. The highest BCUT2D eigenvalue weighted by molar-refractivity contribution is 5.81. The van der Waals surface area contributed by atoms with Crippen molar-refractivity contribution >= 4 is 17.3 Å². The van der Waals surface area contributed by atoms with Crippen LogP contribution in [0.5, 0.6) is 0 Å². The summed E-state index contributed by atoms with van der Waals surface area (Å²) in [6, 6.07) is 9.80. The minimum atomic E-state index is 0.659. The van der Waals surface area contributed by atoms with Crippen LogP contribution >= 0.6 is 0 Å². The van der Waals surface area contributed by atoms with Gasteiger partial charge in [-0.15, -0.1) is 0 Å². The van der Waals surface area contributed by atoms with Gasteiger partial charge in [-0.25, -0.2) is 0 Å². The zero-order chi connectivity index (χ0) is 8.39. The Morgan fingerprint density at radius 1 is 1.25 bits per heavy atom. The number of aromatic nitrogens is 1. The van der Waals surface area contributed by atoms with Gasteiger partial charge in [-0.3, -0.25) is 14.9 Å². The van der Waals surface area contributed by atoms with E-state index in [0.29, 0.717) is 6.41 Å². The summed E-state index contributed by atoms with van der Waals surface area (Å²) >= 11 is 0. The molecule has 1 heterocycles. The van der Waals surface area contributed by atoms with E-state index in [4.69, 9.17) is 0 Å². The van der Waals surface area contributed by atoms with Crippen molar-refractivity contribution in [2.24, 2.45) is 0 Å². The molecule has 1 aromatic carbocycles. The predicted octanol–water partition coefficient (Wildman–Crippen LogP) is 1.34. The van der Waals surface area contributed by atoms with Crippen molar-refractivity contribution in [1.29, 1.82) is 0 Å². The van der Waals surface area contributed by atoms with Gasteiger partial charge in [0.2, 0.25) is 6.41 Å². The molecule has 60 valence electrons. The molecule has 0 saturated carbocycles. The molecular weight excluding hydrogens is 152 g/mol. The molecule has 0 bridgehead atoms. The van der Waals surface area contributed by atoms with Crippen molar-refractivity contribution in [3.8, 4) is 0 Å². The molecule has 0 atom stereocenters. The monoisotopic (exact) mass is 160 g/mol. The van der Waals surface area contributed by atoms with E-state index < -0.39 is 0 Å². The highest BCUT2D eigenvalue weighted by Crippen LogP contribution is 2.12. The van der Waals surface area contributed by atoms with Crippen LogP contribution in [0.25, 0.3) is 10.9 Å². The van der Waals surface area contributed by atoms with Gasteiger partial charge in [-0.05, 0) is 12.1 Å². The third-order valence-corrected chi connectivity index (χ3v) is 1.79. The molecule has 0 unspecified atom stereocenters. The number of hydrogen-bond donors (Lipinski definition) is 1. The number of para-hydroxylation sites is 1. The molecule has 1 N–H and O–H groups in total. The third-order valence-electron chi connectivity index (χ3n) is 1.79. The molecule has 3 nitrogen and oxygen atoms in total. The molecule has 1 aromatic heterocycles. The number of nitrogens with one attached hydrogen (secondary N) is 1. The van der Waals surface area contributed by atoms with Crippen molar-refractivity contribution in [2.75, 3.05) is 5.43 Å². The van der Waals surface area contributed by atoms with Crippen LogP contribution in [0, 0.1) is 0 Å². The second kappa shape index (κ2) is 2.70. The largest absolute Gasteiger partial charge is 0.277 e. The number of rotatable bonds is 2. The summed E-state index contributed by atoms with van der Waals surface area (Å²) in [5.74, 6) is 0. The van der Waals surface area contributed by atoms with Crippen LogP contribution in [0.1, 0.15) is 0 Å². The molecule has 12 heavy (non-hydrogen) atoms. The van der Waals surface area contributed by atoms with Crippen molar-refractivity contribution in [3.05, 3.63) is 36.5 Å². The van der Waals surface area contributed by atoms with Crippen LogP contribution < -0.4 is 5.43 Å².